The van der Waals surface area contributed by atoms with Crippen molar-refractivity contribution in [1.82, 2.24) is 9.97 Å². The molecule has 2 aromatic rings. The van der Waals surface area contributed by atoms with E-state index in [9.17, 15) is 4.79 Å². The largest absolute Gasteiger partial charge is 0.451 e. The lowest BCUT2D eigenvalue weighted by molar-refractivity contribution is 0.0298. The van der Waals surface area contributed by atoms with Gasteiger partial charge in [-0.15, -0.1) is 12.3 Å². The van der Waals surface area contributed by atoms with Crippen LogP contribution in [-0.4, -0.2) is 15.9 Å². The fourth-order valence-corrected chi connectivity index (χ4v) is 1.81. The first-order chi connectivity index (χ1) is 9.72. The van der Waals surface area contributed by atoms with Crippen molar-refractivity contribution < 1.29 is 9.53 Å². The van der Waals surface area contributed by atoms with E-state index in [1.807, 2.05) is 0 Å². The molecule has 0 fully saturated rings. The number of hydrogen-bond donors (Lipinski definition) is 0. The third kappa shape index (κ3) is 3.34. The maximum absolute atomic E-state index is 12.1. The fourth-order valence-electron chi connectivity index (χ4n) is 1.61. The van der Waals surface area contributed by atoms with Crippen molar-refractivity contribution in [1.29, 1.82) is 0 Å². The molecule has 100 valence electrons. The molecule has 0 aliphatic rings. The quantitative estimate of drug-likeness (QED) is 0.492. The van der Waals surface area contributed by atoms with Gasteiger partial charge < -0.3 is 4.74 Å². The van der Waals surface area contributed by atoms with Crippen LogP contribution < -0.4 is 0 Å². The van der Waals surface area contributed by atoms with Crippen LogP contribution in [0.3, 0.4) is 0 Å². The average Bonchev–Trinajstić information content (AvgIpc) is 2.48. The predicted octanol–water partition coefficient (Wildman–Crippen LogP) is 3.05. The van der Waals surface area contributed by atoms with Crippen LogP contribution in [0.1, 0.15) is 28.6 Å². The van der Waals surface area contributed by atoms with Crippen LogP contribution >= 0.6 is 11.6 Å². The molecule has 0 aliphatic heterocycles. The van der Waals surface area contributed by atoms with E-state index in [4.69, 9.17) is 22.8 Å². The molecular formula is C15H11ClN2O2. The molecule has 0 aromatic carbocycles. The van der Waals surface area contributed by atoms with E-state index in [1.165, 1.54) is 6.20 Å². The van der Waals surface area contributed by atoms with Gasteiger partial charge in [-0.1, -0.05) is 17.7 Å². The number of pyridine rings is 2. The first kappa shape index (κ1) is 14.0. The number of halogens is 1. The lowest BCUT2D eigenvalue weighted by atomic mass is 10.1. The highest BCUT2D eigenvalue weighted by Crippen LogP contribution is 2.22. The number of nitrogens with zero attached hydrogens (tertiary/aromatic N) is 2. The molecule has 0 N–H and O–H groups in total. The van der Waals surface area contributed by atoms with Gasteiger partial charge in [-0.2, -0.15) is 0 Å². The van der Waals surface area contributed by atoms with Crippen LogP contribution in [0.5, 0.6) is 0 Å². The van der Waals surface area contributed by atoms with Crippen LogP contribution in [0.2, 0.25) is 5.15 Å². The Labute approximate surface area is 121 Å². The van der Waals surface area contributed by atoms with Crippen molar-refractivity contribution in [2.45, 2.75) is 12.5 Å². The summed E-state index contributed by atoms with van der Waals surface area (Å²) in [5.74, 6) is 1.90. The van der Waals surface area contributed by atoms with Gasteiger partial charge in [-0.05, 0) is 24.3 Å². The maximum Gasteiger partial charge on any atom is 0.341 e. The number of rotatable bonds is 4. The number of aromatic nitrogens is 2. The van der Waals surface area contributed by atoms with E-state index in [0.717, 1.165) is 0 Å². The number of hydrogen-bond acceptors (Lipinski definition) is 4. The second-order valence-electron chi connectivity index (χ2n) is 3.90. The summed E-state index contributed by atoms with van der Waals surface area (Å²) in [6.07, 6.45) is 8.05. The van der Waals surface area contributed by atoms with Gasteiger partial charge in [0.05, 0.1) is 17.7 Å². The minimum Gasteiger partial charge on any atom is -0.451 e. The van der Waals surface area contributed by atoms with Gasteiger partial charge in [-0.3, -0.25) is 4.98 Å². The zero-order chi connectivity index (χ0) is 14.4. The van der Waals surface area contributed by atoms with E-state index in [-0.39, 0.29) is 17.1 Å². The summed E-state index contributed by atoms with van der Waals surface area (Å²) in [6, 6.07) is 8.48. The maximum atomic E-state index is 12.1. The van der Waals surface area contributed by atoms with Gasteiger partial charge in [0.25, 0.3) is 0 Å². The molecule has 1 unspecified atom stereocenters. The Balaban J connectivity index is 2.19. The Morgan fingerprint density at radius 2 is 2.10 bits per heavy atom. The van der Waals surface area contributed by atoms with Crippen LogP contribution in [0.4, 0.5) is 0 Å². The van der Waals surface area contributed by atoms with Gasteiger partial charge in [-0.25, -0.2) is 9.78 Å². The molecule has 2 heterocycles. The predicted molar refractivity (Wildman–Crippen MR) is 75.1 cm³/mol. The summed E-state index contributed by atoms with van der Waals surface area (Å²) in [5.41, 5.74) is 0.797. The Kier molecular flexibility index (Phi) is 4.70. The third-order valence-corrected chi connectivity index (χ3v) is 2.85. The van der Waals surface area contributed by atoms with Crippen molar-refractivity contribution in [3.05, 3.63) is 59.1 Å². The monoisotopic (exact) mass is 286 g/mol. The Morgan fingerprint density at radius 1 is 1.30 bits per heavy atom. The molecule has 0 radical (unpaired) electrons. The van der Waals surface area contributed by atoms with Crippen molar-refractivity contribution in [3.8, 4) is 12.3 Å². The number of carbonyl (C=O) groups is 1. The van der Waals surface area contributed by atoms with Crippen molar-refractivity contribution in [3.63, 3.8) is 0 Å². The smallest absolute Gasteiger partial charge is 0.341 e. The van der Waals surface area contributed by atoms with Gasteiger partial charge in [0.2, 0.25) is 0 Å². The normalized spacial score (nSPS) is 11.4. The minimum absolute atomic E-state index is 0.0954. The van der Waals surface area contributed by atoms with Crippen molar-refractivity contribution in [2.24, 2.45) is 0 Å². The van der Waals surface area contributed by atoms with Crippen LogP contribution in [0.25, 0.3) is 0 Å². The number of esters is 1. The molecule has 0 saturated heterocycles. The molecule has 0 spiro atoms. The van der Waals surface area contributed by atoms with Gasteiger partial charge >= 0.3 is 5.97 Å². The first-order valence-corrected chi connectivity index (χ1v) is 6.26. The number of ether oxygens (including phenoxy) is 1. The molecule has 2 rings (SSSR count). The summed E-state index contributed by atoms with van der Waals surface area (Å²) in [6.45, 7) is 0. The lowest BCUT2D eigenvalue weighted by Gasteiger charge is -2.15. The fraction of sp³-hybridized carbons (Fsp3) is 0.133. The highest BCUT2D eigenvalue weighted by molar-refractivity contribution is 6.32. The Hall–Kier alpha value is -2.38. The SMILES string of the molecule is C#CCC(OC(=O)c1cccnc1Cl)c1ccccn1. The molecule has 0 aliphatic carbocycles. The Morgan fingerprint density at radius 3 is 2.75 bits per heavy atom. The molecule has 1 atom stereocenters. The highest BCUT2D eigenvalue weighted by atomic mass is 35.5. The van der Waals surface area contributed by atoms with Crippen molar-refractivity contribution in [2.75, 3.05) is 0 Å². The van der Waals surface area contributed by atoms with Crippen LogP contribution in [0.15, 0.2) is 42.7 Å². The first-order valence-electron chi connectivity index (χ1n) is 5.88. The van der Waals surface area contributed by atoms with Gasteiger partial charge in [0.15, 0.2) is 6.10 Å². The molecule has 0 amide bonds. The number of carbonyl (C=O) groups excluding carboxylic acids is 1. The lowest BCUT2D eigenvalue weighted by Crippen LogP contribution is -2.13. The molecule has 20 heavy (non-hydrogen) atoms. The standard InChI is InChI=1S/C15H11ClN2O2/c1-2-6-13(12-8-3-4-9-17-12)20-15(19)11-7-5-10-18-14(11)16/h1,3-5,7-10,13H,6H2. The summed E-state index contributed by atoms with van der Waals surface area (Å²) in [5, 5.41) is 0.0954. The van der Waals surface area contributed by atoms with E-state index < -0.39 is 12.1 Å². The molecule has 2 aromatic heterocycles. The van der Waals surface area contributed by atoms with Crippen LogP contribution in [0, 0.1) is 12.3 Å². The molecule has 5 heteroatoms. The second-order valence-corrected chi connectivity index (χ2v) is 4.26. The average molecular weight is 287 g/mol. The van der Waals surface area contributed by atoms with E-state index >= 15 is 0 Å². The van der Waals surface area contributed by atoms with E-state index in [1.54, 1.807) is 36.5 Å². The van der Waals surface area contributed by atoms with E-state index in [0.29, 0.717) is 5.69 Å². The van der Waals surface area contributed by atoms with Crippen LogP contribution in [-0.2, 0) is 4.74 Å². The number of terminal acetylenes is 1. The second kappa shape index (κ2) is 6.69. The topological polar surface area (TPSA) is 52.1 Å². The Bertz CT molecular complexity index is 638. The third-order valence-electron chi connectivity index (χ3n) is 2.55. The minimum atomic E-state index is -0.607. The van der Waals surface area contributed by atoms with Gasteiger partial charge in [0.1, 0.15) is 5.15 Å². The molecule has 0 bridgehead atoms. The zero-order valence-corrected chi connectivity index (χ0v) is 11.2. The van der Waals surface area contributed by atoms with Gasteiger partial charge in [0, 0.05) is 12.4 Å². The van der Waals surface area contributed by atoms with E-state index in [2.05, 4.69) is 15.9 Å². The van der Waals surface area contributed by atoms with Crippen molar-refractivity contribution >= 4 is 17.6 Å². The summed E-state index contributed by atoms with van der Waals surface area (Å²) < 4.78 is 5.38. The highest BCUT2D eigenvalue weighted by Gasteiger charge is 2.20. The zero-order valence-electron chi connectivity index (χ0n) is 10.5. The summed E-state index contributed by atoms with van der Waals surface area (Å²) >= 11 is 5.86. The molecule has 0 saturated carbocycles. The summed E-state index contributed by atoms with van der Waals surface area (Å²) in [4.78, 5) is 20.1. The summed E-state index contributed by atoms with van der Waals surface area (Å²) in [7, 11) is 0. The molecule has 4 nitrogen and oxygen atoms in total. The molecular weight excluding hydrogens is 276 g/mol.